The van der Waals surface area contributed by atoms with Crippen molar-refractivity contribution in [3.63, 3.8) is 0 Å². The van der Waals surface area contributed by atoms with Crippen molar-refractivity contribution in [2.45, 2.75) is 44.6 Å². The Labute approximate surface area is 141 Å². The maximum atomic E-state index is 13.2. The minimum absolute atomic E-state index is 0.173. The number of aliphatic hydroxyl groups excluding tert-OH is 1. The smallest absolute Gasteiger partial charge is 0.314 e. The maximum absolute atomic E-state index is 13.2. The second kappa shape index (κ2) is 7.49. The standard InChI is InChI=1S/C17H24ClFN2O2/c1-11(7-12(2)22)9-20-16(23)21-10-17(5-6-17)14-4-3-13(19)8-15(14)18/h3-4,8,11-12,22H,5-7,9-10H2,1-2H3,(H2,20,21,23). The molecule has 1 aliphatic rings. The lowest BCUT2D eigenvalue weighted by molar-refractivity contribution is 0.163. The highest BCUT2D eigenvalue weighted by Gasteiger charge is 2.45. The van der Waals surface area contributed by atoms with Crippen LogP contribution in [0.25, 0.3) is 0 Å². The van der Waals surface area contributed by atoms with Crippen LogP contribution in [0.5, 0.6) is 0 Å². The molecule has 0 saturated heterocycles. The number of nitrogens with one attached hydrogen (secondary N) is 2. The van der Waals surface area contributed by atoms with Crippen LogP contribution in [0.2, 0.25) is 5.02 Å². The molecule has 1 aliphatic carbocycles. The highest BCUT2D eigenvalue weighted by atomic mass is 35.5. The van der Waals surface area contributed by atoms with E-state index in [2.05, 4.69) is 10.6 Å². The molecule has 1 fully saturated rings. The molecule has 6 heteroatoms. The van der Waals surface area contributed by atoms with E-state index in [9.17, 15) is 14.3 Å². The van der Waals surface area contributed by atoms with Gasteiger partial charge in [0, 0.05) is 23.5 Å². The number of amides is 2. The summed E-state index contributed by atoms with van der Waals surface area (Å²) < 4.78 is 13.2. The quantitative estimate of drug-likeness (QED) is 0.712. The summed E-state index contributed by atoms with van der Waals surface area (Å²) in [5.41, 5.74) is 0.719. The molecule has 3 N–H and O–H groups in total. The number of urea groups is 1. The number of halogens is 2. The van der Waals surface area contributed by atoms with E-state index in [1.165, 1.54) is 12.1 Å². The molecule has 2 unspecified atom stereocenters. The Morgan fingerprint density at radius 1 is 1.39 bits per heavy atom. The van der Waals surface area contributed by atoms with E-state index in [4.69, 9.17) is 11.6 Å². The number of carbonyl (C=O) groups is 1. The lowest BCUT2D eigenvalue weighted by Crippen LogP contribution is -2.41. The summed E-state index contributed by atoms with van der Waals surface area (Å²) in [4.78, 5) is 11.9. The molecule has 0 aromatic heterocycles. The topological polar surface area (TPSA) is 61.4 Å². The van der Waals surface area contributed by atoms with Crippen molar-refractivity contribution in [2.24, 2.45) is 5.92 Å². The third-order valence-electron chi connectivity index (χ3n) is 4.30. The van der Waals surface area contributed by atoms with Crippen LogP contribution in [-0.4, -0.2) is 30.3 Å². The van der Waals surface area contributed by atoms with E-state index in [1.807, 2.05) is 6.92 Å². The van der Waals surface area contributed by atoms with E-state index < -0.39 is 0 Å². The SMILES string of the molecule is CC(O)CC(C)CNC(=O)NCC1(c2ccc(F)cc2Cl)CC1. The molecule has 2 rings (SSSR count). The van der Waals surface area contributed by atoms with Gasteiger partial charge < -0.3 is 15.7 Å². The zero-order valence-corrected chi connectivity index (χ0v) is 14.3. The first-order valence-electron chi connectivity index (χ1n) is 7.98. The van der Waals surface area contributed by atoms with Gasteiger partial charge in [-0.1, -0.05) is 24.6 Å². The fourth-order valence-corrected chi connectivity index (χ4v) is 3.22. The summed E-state index contributed by atoms with van der Waals surface area (Å²) >= 11 is 6.13. The number of hydrogen-bond acceptors (Lipinski definition) is 2. The number of rotatable bonds is 7. The normalized spacial score (nSPS) is 18.1. The highest BCUT2D eigenvalue weighted by Crippen LogP contribution is 2.50. The van der Waals surface area contributed by atoms with Crippen molar-refractivity contribution in [3.8, 4) is 0 Å². The zero-order valence-electron chi connectivity index (χ0n) is 13.5. The maximum Gasteiger partial charge on any atom is 0.314 e. The monoisotopic (exact) mass is 342 g/mol. The van der Waals surface area contributed by atoms with Crippen molar-refractivity contribution >= 4 is 17.6 Å². The molecule has 4 nitrogen and oxygen atoms in total. The molecule has 2 amide bonds. The first-order chi connectivity index (χ1) is 10.8. The Kier molecular flexibility index (Phi) is 5.87. The first kappa shape index (κ1) is 18.0. The Bertz CT molecular complexity index is 562. The van der Waals surface area contributed by atoms with Crippen molar-refractivity contribution in [1.29, 1.82) is 0 Å². The molecule has 23 heavy (non-hydrogen) atoms. The second-order valence-electron chi connectivity index (χ2n) is 6.66. The molecule has 1 aromatic rings. The van der Waals surface area contributed by atoms with Gasteiger partial charge in [-0.05, 0) is 49.8 Å². The van der Waals surface area contributed by atoms with Gasteiger partial charge in [0.25, 0.3) is 0 Å². The Morgan fingerprint density at radius 2 is 2.09 bits per heavy atom. The average Bonchev–Trinajstić information content (AvgIpc) is 3.23. The molecule has 1 saturated carbocycles. The molecule has 0 bridgehead atoms. The molecular formula is C17H24ClFN2O2. The van der Waals surface area contributed by atoms with Crippen LogP contribution < -0.4 is 10.6 Å². The van der Waals surface area contributed by atoms with E-state index in [1.54, 1.807) is 13.0 Å². The fraction of sp³-hybridized carbons (Fsp3) is 0.588. The number of benzene rings is 1. The molecule has 0 aliphatic heterocycles. The average molecular weight is 343 g/mol. The van der Waals surface area contributed by atoms with Gasteiger partial charge in [0.15, 0.2) is 0 Å². The lowest BCUT2D eigenvalue weighted by atomic mass is 9.96. The zero-order chi connectivity index (χ0) is 17.0. The van der Waals surface area contributed by atoms with Gasteiger partial charge in [-0.3, -0.25) is 0 Å². The van der Waals surface area contributed by atoms with E-state index in [0.29, 0.717) is 24.5 Å². The fourth-order valence-electron chi connectivity index (χ4n) is 2.86. The van der Waals surface area contributed by atoms with E-state index >= 15 is 0 Å². The molecular weight excluding hydrogens is 319 g/mol. The Morgan fingerprint density at radius 3 is 2.65 bits per heavy atom. The minimum Gasteiger partial charge on any atom is -0.393 e. The molecule has 1 aromatic carbocycles. The molecule has 0 radical (unpaired) electrons. The molecule has 2 atom stereocenters. The van der Waals surface area contributed by atoms with Gasteiger partial charge in [0.05, 0.1) is 6.10 Å². The number of hydrogen-bond donors (Lipinski definition) is 3. The summed E-state index contributed by atoms with van der Waals surface area (Å²) in [5.74, 6) is -0.144. The van der Waals surface area contributed by atoms with Crippen LogP contribution >= 0.6 is 11.6 Å². The summed E-state index contributed by atoms with van der Waals surface area (Å²) in [5, 5.41) is 15.4. The van der Waals surface area contributed by atoms with Crippen molar-refractivity contribution in [1.82, 2.24) is 10.6 Å². The van der Waals surface area contributed by atoms with Crippen LogP contribution in [0.1, 0.15) is 38.7 Å². The van der Waals surface area contributed by atoms with Crippen molar-refractivity contribution < 1.29 is 14.3 Å². The summed E-state index contributed by atoms with van der Waals surface area (Å²) in [6.45, 7) is 4.71. The summed E-state index contributed by atoms with van der Waals surface area (Å²) in [7, 11) is 0. The number of carbonyl (C=O) groups excluding carboxylic acids is 1. The van der Waals surface area contributed by atoms with Crippen LogP contribution in [0, 0.1) is 11.7 Å². The van der Waals surface area contributed by atoms with Gasteiger partial charge >= 0.3 is 6.03 Å². The van der Waals surface area contributed by atoms with Crippen molar-refractivity contribution in [3.05, 3.63) is 34.6 Å². The van der Waals surface area contributed by atoms with Gasteiger partial charge in [-0.25, -0.2) is 9.18 Å². The Hall–Kier alpha value is -1.33. The lowest BCUT2D eigenvalue weighted by Gasteiger charge is -2.19. The summed E-state index contributed by atoms with van der Waals surface area (Å²) in [6.07, 6.45) is 2.13. The number of aliphatic hydroxyl groups is 1. The van der Waals surface area contributed by atoms with Crippen molar-refractivity contribution in [2.75, 3.05) is 13.1 Å². The Balaban J connectivity index is 1.82. The molecule has 128 valence electrons. The van der Waals surface area contributed by atoms with Crippen LogP contribution in [0.15, 0.2) is 18.2 Å². The van der Waals surface area contributed by atoms with Gasteiger partial charge in [0.2, 0.25) is 0 Å². The van der Waals surface area contributed by atoms with Gasteiger partial charge in [-0.15, -0.1) is 0 Å². The third-order valence-corrected chi connectivity index (χ3v) is 4.61. The highest BCUT2D eigenvalue weighted by molar-refractivity contribution is 6.31. The molecule has 0 heterocycles. The largest absolute Gasteiger partial charge is 0.393 e. The van der Waals surface area contributed by atoms with Gasteiger partial charge in [0.1, 0.15) is 5.82 Å². The van der Waals surface area contributed by atoms with Crippen LogP contribution in [0.4, 0.5) is 9.18 Å². The predicted molar refractivity (Wildman–Crippen MR) is 89.2 cm³/mol. The van der Waals surface area contributed by atoms with E-state index in [0.717, 1.165) is 18.4 Å². The third kappa shape index (κ3) is 5.08. The minimum atomic E-state index is -0.370. The van der Waals surface area contributed by atoms with Crippen LogP contribution in [0.3, 0.4) is 0 Å². The second-order valence-corrected chi connectivity index (χ2v) is 7.07. The summed E-state index contributed by atoms with van der Waals surface area (Å²) in [6, 6.07) is 4.19. The van der Waals surface area contributed by atoms with E-state index in [-0.39, 0.29) is 29.3 Å². The first-order valence-corrected chi connectivity index (χ1v) is 8.35. The molecule has 0 spiro atoms. The predicted octanol–water partition coefficient (Wildman–Crippen LogP) is 3.22. The van der Waals surface area contributed by atoms with Gasteiger partial charge in [-0.2, -0.15) is 0 Å². The van der Waals surface area contributed by atoms with Crippen LogP contribution in [-0.2, 0) is 5.41 Å².